The summed E-state index contributed by atoms with van der Waals surface area (Å²) >= 11 is 0. The van der Waals surface area contributed by atoms with E-state index in [0.717, 1.165) is 0 Å². The van der Waals surface area contributed by atoms with Gasteiger partial charge in [0.15, 0.2) is 6.61 Å². The maximum atomic E-state index is 11.9. The first-order valence-corrected chi connectivity index (χ1v) is 6.21. The first-order valence-electron chi connectivity index (χ1n) is 6.21. The van der Waals surface area contributed by atoms with E-state index in [1.165, 1.54) is 0 Å². The summed E-state index contributed by atoms with van der Waals surface area (Å²) in [5.41, 5.74) is 0.570. The van der Waals surface area contributed by atoms with E-state index in [0.29, 0.717) is 31.0 Å². The summed E-state index contributed by atoms with van der Waals surface area (Å²) in [7, 11) is 0. The van der Waals surface area contributed by atoms with Gasteiger partial charge in [0.25, 0.3) is 5.91 Å². The number of rotatable bonds is 3. The Balaban J connectivity index is 1.84. The number of nitrogens with zero attached hydrogens (tertiary/aromatic N) is 2. The Morgan fingerprint density at radius 2 is 2.26 bits per heavy atom. The van der Waals surface area contributed by atoms with Crippen LogP contribution in [0.1, 0.15) is 12.5 Å². The highest BCUT2D eigenvalue weighted by Crippen LogP contribution is 2.12. The molecule has 0 radical (unpaired) electrons. The largest absolute Gasteiger partial charge is 0.484 e. The quantitative estimate of drug-likeness (QED) is 0.818. The molecular weight excluding hydrogens is 244 g/mol. The highest BCUT2D eigenvalue weighted by molar-refractivity contribution is 5.77. The van der Waals surface area contributed by atoms with Gasteiger partial charge in [-0.1, -0.05) is 0 Å². The Morgan fingerprint density at radius 1 is 1.53 bits per heavy atom. The maximum Gasteiger partial charge on any atom is 0.260 e. The SMILES string of the molecule is C[C@@H]1CN(C(=O)COc2ccc(C#N)cc2)CCO1. The third kappa shape index (κ3) is 3.70. The predicted molar refractivity (Wildman–Crippen MR) is 68.6 cm³/mol. The highest BCUT2D eigenvalue weighted by Gasteiger charge is 2.21. The third-order valence-electron chi connectivity index (χ3n) is 2.94. The van der Waals surface area contributed by atoms with E-state index in [1.807, 2.05) is 13.0 Å². The minimum Gasteiger partial charge on any atom is -0.484 e. The average molecular weight is 260 g/mol. The molecule has 5 heteroatoms. The van der Waals surface area contributed by atoms with E-state index in [-0.39, 0.29) is 18.6 Å². The zero-order valence-electron chi connectivity index (χ0n) is 10.8. The van der Waals surface area contributed by atoms with Gasteiger partial charge < -0.3 is 14.4 Å². The zero-order valence-corrected chi connectivity index (χ0v) is 10.8. The molecule has 1 aliphatic heterocycles. The first kappa shape index (κ1) is 13.4. The smallest absolute Gasteiger partial charge is 0.260 e. The van der Waals surface area contributed by atoms with Gasteiger partial charge in [-0.05, 0) is 31.2 Å². The summed E-state index contributed by atoms with van der Waals surface area (Å²) < 4.78 is 10.8. The van der Waals surface area contributed by atoms with Gasteiger partial charge in [0.2, 0.25) is 0 Å². The summed E-state index contributed by atoms with van der Waals surface area (Å²) in [4.78, 5) is 13.7. The second-order valence-electron chi connectivity index (χ2n) is 4.45. The second kappa shape index (κ2) is 6.21. The average Bonchev–Trinajstić information content (AvgIpc) is 2.45. The molecule has 1 heterocycles. The summed E-state index contributed by atoms with van der Waals surface area (Å²) in [6, 6.07) is 8.73. The number of hydrogen-bond donors (Lipinski definition) is 0. The molecule has 0 spiro atoms. The van der Waals surface area contributed by atoms with Crippen LogP contribution in [-0.4, -0.2) is 43.2 Å². The van der Waals surface area contributed by atoms with Crippen LogP contribution in [-0.2, 0) is 9.53 Å². The van der Waals surface area contributed by atoms with Gasteiger partial charge in [-0.15, -0.1) is 0 Å². The molecule has 1 amide bonds. The van der Waals surface area contributed by atoms with Crippen LogP contribution in [0.2, 0.25) is 0 Å². The molecule has 1 atom stereocenters. The molecule has 1 aliphatic rings. The van der Waals surface area contributed by atoms with E-state index >= 15 is 0 Å². The van der Waals surface area contributed by atoms with Crippen LogP contribution in [0.15, 0.2) is 24.3 Å². The van der Waals surface area contributed by atoms with Crippen molar-refractivity contribution < 1.29 is 14.3 Å². The molecule has 2 rings (SSSR count). The summed E-state index contributed by atoms with van der Waals surface area (Å²) in [6.07, 6.45) is 0.0765. The molecule has 100 valence electrons. The van der Waals surface area contributed by atoms with E-state index in [4.69, 9.17) is 14.7 Å². The van der Waals surface area contributed by atoms with E-state index in [2.05, 4.69) is 0 Å². The molecule has 0 saturated carbocycles. The third-order valence-corrected chi connectivity index (χ3v) is 2.94. The Morgan fingerprint density at radius 3 is 2.89 bits per heavy atom. The van der Waals surface area contributed by atoms with Crippen LogP contribution in [0.25, 0.3) is 0 Å². The molecule has 5 nitrogen and oxygen atoms in total. The fourth-order valence-electron chi connectivity index (χ4n) is 1.91. The zero-order chi connectivity index (χ0) is 13.7. The molecule has 1 fully saturated rings. The van der Waals surface area contributed by atoms with Crippen molar-refractivity contribution in [3.63, 3.8) is 0 Å². The maximum absolute atomic E-state index is 11.9. The molecule has 0 aromatic heterocycles. The van der Waals surface area contributed by atoms with Crippen LogP contribution in [0.3, 0.4) is 0 Å². The lowest BCUT2D eigenvalue weighted by Gasteiger charge is -2.31. The summed E-state index contributed by atoms with van der Waals surface area (Å²) in [5, 5.41) is 8.68. The molecular formula is C14H16N2O3. The van der Waals surface area contributed by atoms with Crippen LogP contribution in [0, 0.1) is 11.3 Å². The van der Waals surface area contributed by atoms with Gasteiger partial charge in [0, 0.05) is 13.1 Å². The van der Waals surface area contributed by atoms with Gasteiger partial charge in [0.05, 0.1) is 24.3 Å². The standard InChI is InChI=1S/C14H16N2O3/c1-11-9-16(6-7-18-11)14(17)10-19-13-4-2-12(8-15)3-5-13/h2-5,11H,6-7,9-10H2,1H3/t11-/m1/s1. The summed E-state index contributed by atoms with van der Waals surface area (Å²) in [6.45, 7) is 3.75. The van der Waals surface area contributed by atoms with E-state index < -0.39 is 0 Å². The normalized spacial score (nSPS) is 18.7. The van der Waals surface area contributed by atoms with Crippen LogP contribution in [0.4, 0.5) is 0 Å². The predicted octanol–water partition coefficient (Wildman–Crippen LogP) is 1.18. The minimum atomic E-state index is -0.0421. The lowest BCUT2D eigenvalue weighted by atomic mass is 10.2. The van der Waals surface area contributed by atoms with Gasteiger partial charge in [-0.25, -0.2) is 0 Å². The molecule has 0 bridgehead atoms. The lowest BCUT2D eigenvalue weighted by Crippen LogP contribution is -2.46. The molecule has 0 aliphatic carbocycles. The monoisotopic (exact) mass is 260 g/mol. The Kier molecular flexibility index (Phi) is 4.37. The molecule has 1 aromatic carbocycles. The second-order valence-corrected chi connectivity index (χ2v) is 4.45. The topological polar surface area (TPSA) is 62.6 Å². The Labute approximate surface area is 112 Å². The van der Waals surface area contributed by atoms with Crippen LogP contribution < -0.4 is 4.74 Å². The fraction of sp³-hybridized carbons (Fsp3) is 0.429. The fourth-order valence-corrected chi connectivity index (χ4v) is 1.91. The summed E-state index contributed by atoms with van der Waals surface area (Å²) in [5.74, 6) is 0.549. The first-order chi connectivity index (χ1) is 9.19. The number of carbonyl (C=O) groups excluding carboxylic acids is 1. The molecule has 19 heavy (non-hydrogen) atoms. The van der Waals surface area contributed by atoms with Gasteiger partial charge in [-0.2, -0.15) is 5.26 Å². The van der Waals surface area contributed by atoms with Crippen molar-refractivity contribution in [2.24, 2.45) is 0 Å². The van der Waals surface area contributed by atoms with Gasteiger partial charge in [0.1, 0.15) is 5.75 Å². The van der Waals surface area contributed by atoms with E-state index in [9.17, 15) is 4.79 Å². The minimum absolute atomic E-state index is 0.0125. The van der Waals surface area contributed by atoms with Crippen molar-refractivity contribution in [2.75, 3.05) is 26.3 Å². The Hall–Kier alpha value is -2.06. The highest BCUT2D eigenvalue weighted by atomic mass is 16.5. The number of amides is 1. The number of ether oxygens (including phenoxy) is 2. The number of morpholine rings is 1. The number of hydrogen-bond acceptors (Lipinski definition) is 4. The lowest BCUT2D eigenvalue weighted by molar-refractivity contribution is -0.140. The van der Waals surface area contributed by atoms with Crippen LogP contribution >= 0.6 is 0 Å². The molecule has 1 aromatic rings. The van der Waals surface area contributed by atoms with Crippen molar-refractivity contribution in [2.45, 2.75) is 13.0 Å². The Bertz CT molecular complexity index is 478. The molecule has 1 saturated heterocycles. The van der Waals surface area contributed by atoms with Crippen LogP contribution in [0.5, 0.6) is 5.75 Å². The molecule has 0 unspecified atom stereocenters. The van der Waals surface area contributed by atoms with E-state index in [1.54, 1.807) is 29.2 Å². The van der Waals surface area contributed by atoms with Gasteiger partial charge >= 0.3 is 0 Å². The number of benzene rings is 1. The van der Waals surface area contributed by atoms with Crippen molar-refractivity contribution in [1.82, 2.24) is 4.90 Å². The van der Waals surface area contributed by atoms with Crippen molar-refractivity contribution in [1.29, 1.82) is 5.26 Å². The van der Waals surface area contributed by atoms with Gasteiger partial charge in [-0.3, -0.25) is 4.79 Å². The number of carbonyl (C=O) groups is 1. The molecule has 0 N–H and O–H groups in total. The van der Waals surface area contributed by atoms with Crippen molar-refractivity contribution >= 4 is 5.91 Å². The van der Waals surface area contributed by atoms with Crippen molar-refractivity contribution in [3.8, 4) is 11.8 Å². The number of nitriles is 1. The van der Waals surface area contributed by atoms with Crippen molar-refractivity contribution in [3.05, 3.63) is 29.8 Å².